The highest BCUT2D eigenvalue weighted by Gasteiger charge is 2.25. The van der Waals surface area contributed by atoms with Crippen molar-refractivity contribution in [3.8, 4) is 34.7 Å². The van der Waals surface area contributed by atoms with Crippen LogP contribution in [0.15, 0.2) is 115 Å². The number of carbonyl (C=O) groups is 2. The number of benzene rings is 3. The average molecular weight is 998 g/mol. The van der Waals surface area contributed by atoms with Crippen LogP contribution in [0.25, 0.3) is 22.5 Å². The van der Waals surface area contributed by atoms with Gasteiger partial charge in [0, 0.05) is 47.9 Å². The molecule has 2 fully saturated rings. The molecule has 0 amide bonds. The summed E-state index contributed by atoms with van der Waals surface area (Å²) in [5, 5.41) is 40.8. The van der Waals surface area contributed by atoms with Crippen molar-refractivity contribution in [3.05, 3.63) is 138 Å². The first-order chi connectivity index (χ1) is 33.4. The lowest BCUT2D eigenvalue weighted by Crippen LogP contribution is -2.09. The maximum absolute atomic E-state index is 12.2. The zero-order valence-corrected chi connectivity index (χ0v) is 41.5. The van der Waals surface area contributed by atoms with Crippen LogP contribution in [0, 0.1) is 49.4 Å². The molecule has 2 aliphatic carbocycles. The van der Waals surface area contributed by atoms with Crippen LogP contribution in [0.4, 0.5) is 23.3 Å². The molecule has 368 valence electrons. The van der Waals surface area contributed by atoms with E-state index >= 15 is 0 Å². The number of Topliss-reactive ketones (excluding diaryl/α,β-unsaturated/α-hetero) is 1. The number of aromatic nitrogens is 8. The molecule has 0 radical (unpaired) electrons. The lowest BCUT2D eigenvalue weighted by Gasteiger charge is -2.09. The Labute approximate surface area is 419 Å². The number of nitriles is 2. The Hall–Kier alpha value is -7.82. The number of carboxylic acids is 1. The van der Waals surface area contributed by atoms with Crippen LogP contribution < -0.4 is 16.4 Å². The van der Waals surface area contributed by atoms with Crippen molar-refractivity contribution in [2.24, 2.45) is 11.7 Å². The van der Waals surface area contributed by atoms with E-state index in [1.807, 2.05) is 54.7 Å². The van der Waals surface area contributed by atoms with Crippen LogP contribution in [-0.4, -0.2) is 75.4 Å². The summed E-state index contributed by atoms with van der Waals surface area (Å²) >= 11 is 0. The van der Waals surface area contributed by atoms with E-state index in [0.29, 0.717) is 29.5 Å². The molecule has 6 N–H and O–H groups in total. The average Bonchev–Trinajstić information content (AvgIpc) is 4.29. The molecule has 0 spiro atoms. The molecular formula is C50H55N13O6S2. The Morgan fingerprint density at radius 2 is 1.14 bits per heavy atom. The van der Waals surface area contributed by atoms with Crippen molar-refractivity contribution in [2.75, 3.05) is 10.6 Å². The molecule has 4 aromatic heterocycles. The minimum absolute atomic E-state index is 0. The number of hydrogen-bond donors (Lipinski definition) is 5. The Balaban J connectivity index is 0.000000202. The molecule has 0 bridgehead atoms. The van der Waals surface area contributed by atoms with Crippen molar-refractivity contribution in [1.82, 2.24) is 39.5 Å². The van der Waals surface area contributed by atoms with E-state index < -0.39 is 16.1 Å². The summed E-state index contributed by atoms with van der Waals surface area (Å²) in [5.41, 5.74) is 13.6. The van der Waals surface area contributed by atoms with Gasteiger partial charge >= 0.3 is 5.97 Å². The van der Waals surface area contributed by atoms with E-state index in [9.17, 15) is 18.0 Å². The zero-order chi connectivity index (χ0) is 50.5. The molecule has 21 heteroatoms. The number of hydrogen-bond acceptors (Lipinski definition) is 15. The van der Waals surface area contributed by atoms with Crippen molar-refractivity contribution < 1.29 is 27.7 Å². The van der Waals surface area contributed by atoms with Gasteiger partial charge in [-0.1, -0.05) is 54.1 Å². The first kappa shape index (κ1) is 54.1. The molecule has 9 rings (SSSR count). The predicted octanol–water partition coefficient (Wildman–Crippen LogP) is 9.10. The topological polar surface area (TPSA) is 294 Å². The summed E-state index contributed by atoms with van der Waals surface area (Å²) in [5.74, 6) is -0.271. The quantitative estimate of drug-likeness (QED) is 0.0531. The number of nitrogens with one attached hydrogen (secondary N) is 2. The number of carbonyl (C=O) groups excluding carboxylic acids is 1. The summed E-state index contributed by atoms with van der Waals surface area (Å²) in [6.45, 7) is 9.11. The highest BCUT2D eigenvalue weighted by atomic mass is 32.2. The number of nitrogens with two attached hydrogens (primary N) is 1. The van der Waals surface area contributed by atoms with Crippen LogP contribution in [0.3, 0.4) is 0 Å². The number of aromatic carboxylic acids is 1. The SMILES string of the molecule is C[C@H](N)C#N.Cc1ccc(S(=O)(=O)O)cc1.Cc1cnc(Nc2cnn(C3CC3)c2)nc1-c1ccc(C(=O)C[C@@H](C)C#N)cc1.Cc1cnc(Nc2cnn(C3CC3)c2)nc1-c1ccc(C(=O)O)cc1.S. The van der Waals surface area contributed by atoms with Gasteiger partial charge < -0.3 is 21.5 Å². The summed E-state index contributed by atoms with van der Waals surface area (Å²) in [6, 6.07) is 24.6. The highest BCUT2D eigenvalue weighted by Crippen LogP contribution is 2.36. The largest absolute Gasteiger partial charge is 0.478 e. The summed E-state index contributed by atoms with van der Waals surface area (Å²) in [6.07, 6.45) is 16.0. The Kier molecular flexibility index (Phi) is 18.8. The lowest BCUT2D eigenvalue weighted by molar-refractivity contribution is 0.0696. The summed E-state index contributed by atoms with van der Waals surface area (Å²) in [4.78, 5) is 41.1. The fraction of sp³-hybridized carbons (Fsp3) is 0.280. The molecule has 7 aromatic rings. The molecule has 2 atom stereocenters. The van der Waals surface area contributed by atoms with Gasteiger partial charge in [-0.3, -0.25) is 18.7 Å². The molecule has 4 heterocycles. The number of anilines is 4. The van der Waals surface area contributed by atoms with Crippen molar-refractivity contribution in [1.29, 1.82) is 10.5 Å². The molecule has 19 nitrogen and oxygen atoms in total. The molecule has 71 heavy (non-hydrogen) atoms. The first-order valence-electron chi connectivity index (χ1n) is 22.3. The third-order valence-electron chi connectivity index (χ3n) is 10.6. The van der Waals surface area contributed by atoms with Crippen LogP contribution in [0.2, 0.25) is 0 Å². The molecular weight excluding hydrogens is 943 g/mol. The van der Waals surface area contributed by atoms with E-state index in [1.165, 1.54) is 37.8 Å². The van der Waals surface area contributed by atoms with Crippen LogP contribution >= 0.6 is 13.5 Å². The normalized spacial score (nSPS) is 13.3. The third-order valence-corrected chi connectivity index (χ3v) is 11.5. The highest BCUT2D eigenvalue weighted by molar-refractivity contribution is 7.85. The lowest BCUT2D eigenvalue weighted by atomic mass is 9.99. The second-order valence-electron chi connectivity index (χ2n) is 16.9. The molecule has 3 aromatic carbocycles. The van der Waals surface area contributed by atoms with E-state index in [-0.39, 0.29) is 48.1 Å². The van der Waals surface area contributed by atoms with E-state index in [2.05, 4.69) is 46.8 Å². The molecule has 2 saturated carbocycles. The van der Waals surface area contributed by atoms with Gasteiger partial charge in [0.2, 0.25) is 11.9 Å². The number of aryl methyl sites for hydroxylation is 3. The van der Waals surface area contributed by atoms with Crippen molar-refractivity contribution >= 4 is 58.6 Å². The van der Waals surface area contributed by atoms with Gasteiger partial charge in [0.25, 0.3) is 10.1 Å². The summed E-state index contributed by atoms with van der Waals surface area (Å²) < 4.78 is 33.5. The van der Waals surface area contributed by atoms with Gasteiger partial charge in [-0.05, 0) is 95.7 Å². The second-order valence-corrected chi connectivity index (χ2v) is 18.3. The molecule has 2 aliphatic rings. The van der Waals surface area contributed by atoms with E-state index in [1.54, 1.807) is 93.2 Å². The minimum atomic E-state index is -4.02. The van der Waals surface area contributed by atoms with Gasteiger partial charge in [0.05, 0.1) is 81.8 Å². The smallest absolute Gasteiger partial charge is 0.335 e. The van der Waals surface area contributed by atoms with Gasteiger partial charge in [-0.2, -0.15) is 42.6 Å². The standard InChI is InChI=1S/C22H22N6O.C18H17N5O2.C7H8O3S.C3H6N2.H2S/c1-14(10-23)9-20(29)16-3-5-17(6-4-16)21-15(2)11-24-22(27-21)26-18-12-25-28(13-18)19-7-8-19;1-11-8-19-18(21-14-9-20-23(10-14)15-6-7-15)22-16(11)12-2-4-13(5-3-12)17(24)25;1-6-2-4-7(5-3-6)11(8,9)10;1-3(5)2-4;/h3-6,11-14,19H,7-9H2,1-2H3,(H,24,26,27);2-5,8-10,15H,6-7H2,1H3,(H,24,25)(H,19,21,22);2-5H,1H3,(H,8,9,10);3H,5H2,1H3;1H2/t14-;;;3-;/m1..0./s1. The number of rotatable bonds is 13. The number of nitrogens with zero attached hydrogens (tertiary/aromatic N) is 10. The summed E-state index contributed by atoms with van der Waals surface area (Å²) in [7, 11) is -4.02. The second kappa shape index (κ2) is 24.6. The van der Waals surface area contributed by atoms with Gasteiger partial charge in [-0.15, -0.1) is 0 Å². The van der Waals surface area contributed by atoms with Gasteiger partial charge in [0.15, 0.2) is 5.78 Å². The zero-order valence-electron chi connectivity index (χ0n) is 39.7. The van der Waals surface area contributed by atoms with E-state index in [0.717, 1.165) is 50.6 Å². The number of ketones is 1. The minimum Gasteiger partial charge on any atom is -0.478 e. The predicted molar refractivity (Wildman–Crippen MR) is 273 cm³/mol. The van der Waals surface area contributed by atoms with Crippen LogP contribution in [0.5, 0.6) is 0 Å². The Morgan fingerprint density at radius 3 is 1.51 bits per heavy atom. The Bertz CT molecular complexity index is 3120. The fourth-order valence-electron chi connectivity index (χ4n) is 6.47. The monoisotopic (exact) mass is 997 g/mol. The van der Waals surface area contributed by atoms with Crippen LogP contribution in [0.1, 0.15) is 95.4 Å². The van der Waals surface area contributed by atoms with Crippen molar-refractivity contribution in [2.45, 2.75) is 89.7 Å². The molecule has 0 unspecified atom stereocenters. The third kappa shape index (κ3) is 16.1. The number of carboxylic acid groups (broad SMARTS) is 1. The van der Waals surface area contributed by atoms with Gasteiger partial charge in [0.1, 0.15) is 0 Å². The van der Waals surface area contributed by atoms with Crippen molar-refractivity contribution in [3.63, 3.8) is 0 Å². The van der Waals surface area contributed by atoms with Gasteiger partial charge in [-0.25, -0.2) is 24.7 Å². The van der Waals surface area contributed by atoms with E-state index in [4.69, 9.17) is 25.9 Å². The maximum Gasteiger partial charge on any atom is 0.335 e. The molecule has 0 aliphatic heterocycles. The molecule has 0 saturated heterocycles. The first-order valence-corrected chi connectivity index (χ1v) is 23.7. The Morgan fingerprint density at radius 1 is 0.718 bits per heavy atom. The maximum atomic E-state index is 12.2. The van der Waals surface area contributed by atoms with Crippen LogP contribution in [-0.2, 0) is 10.1 Å². The fourth-order valence-corrected chi connectivity index (χ4v) is 6.95.